The number of amides is 2. The molecule has 0 bridgehead atoms. The Morgan fingerprint density at radius 3 is 2.64 bits per heavy atom. The van der Waals surface area contributed by atoms with Gasteiger partial charge >= 0.3 is 0 Å². The van der Waals surface area contributed by atoms with E-state index < -0.39 is 5.60 Å². The summed E-state index contributed by atoms with van der Waals surface area (Å²) >= 11 is 0. The van der Waals surface area contributed by atoms with E-state index in [-0.39, 0.29) is 17.7 Å². The number of aryl methyl sites for hydroxylation is 1. The number of piperidine rings is 1. The van der Waals surface area contributed by atoms with Crippen LogP contribution in [0.3, 0.4) is 0 Å². The molecule has 2 aliphatic heterocycles. The summed E-state index contributed by atoms with van der Waals surface area (Å²) in [6.07, 6.45) is 3.06. The molecule has 6 nitrogen and oxygen atoms in total. The Balaban J connectivity index is 1.62. The van der Waals surface area contributed by atoms with Crippen LogP contribution in [0.4, 0.5) is 0 Å². The third kappa shape index (κ3) is 5.55. The van der Waals surface area contributed by atoms with Crippen molar-refractivity contribution in [3.05, 3.63) is 35.4 Å². The number of hydrogen-bond donors (Lipinski definition) is 1. The lowest BCUT2D eigenvalue weighted by molar-refractivity contribution is -0.141. The van der Waals surface area contributed by atoms with Gasteiger partial charge in [0.15, 0.2) is 0 Å². The van der Waals surface area contributed by atoms with Gasteiger partial charge < -0.3 is 19.6 Å². The van der Waals surface area contributed by atoms with Crippen LogP contribution in [0.25, 0.3) is 0 Å². The van der Waals surface area contributed by atoms with Crippen molar-refractivity contribution < 1.29 is 19.4 Å². The molecule has 28 heavy (non-hydrogen) atoms. The smallest absolute Gasteiger partial charge is 0.253 e. The van der Waals surface area contributed by atoms with Crippen LogP contribution in [-0.4, -0.2) is 71.7 Å². The van der Waals surface area contributed by atoms with Crippen molar-refractivity contribution in [1.29, 1.82) is 0 Å². The standard InChI is InChI=1S/C22H32N2O4/c1-22(2,27)9-8-17-5-3-6-18(15-17)20(25)24-10-4-7-19(16-24)21(26)23-11-13-28-14-12-23/h3,5-6,15,19,27H,4,7-14,16H2,1-2H3/t19-/m1/s1. The number of aliphatic hydroxyl groups is 1. The van der Waals surface area contributed by atoms with Gasteiger partial charge in [-0.25, -0.2) is 0 Å². The molecule has 2 fully saturated rings. The van der Waals surface area contributed by atoms with E-state index in [9.17, 15) is 14.7 Å². The molecule has 2 amide bonds. The van der Waals surface area contributed by atoms with Gasteiger partial charge in [0.05, 0.1) is 24.7 Å². The summed E-state index contributed by atoms with van der Waals surface area (Å²) in [6, 6.07) is 7.64. The summed E-state index contributed by atoms with van der Waals surface area (Å²) in [5, 5.41) is 9.93. The molecule has 2 heterocycles. The van der Waals surface area contributed by atoms with Crippen LogP contribution in [0, 0.1) is 5.92 Å². The van der Waals surface area contributed by atoms with Gasteiger partial charge in [-0.15, -0.1) is 0 Å². The Hall–Kier alpha value is -1.92. The van der Waals surface area contributed by atoms with Crippen molar-refractivity contribution in [2.75, 3.05) is 39.4 Å². The monoisotopic (exact) mass is 388 g/mol. The molecule has 2 aliphatic rings. The molecule has 0 saturated carbocycles. The molecular formula is C22H32N2O4. The highest BCUT2D eigenvalue weighted by Crippen LogP contribution is 2.22. The van der Waals surface area contributed by atoms with Crippen molar-refractivity contribution in [2.24, 2.45) is 5.92 Å². The first-order chi connectivity index (χ1) is 13.3. The van der Waals surface area contributed by atoms with Crippen molar-refractivity contribution in [3.8, 4) is 0 Å². The van der Waals surface area contributed by atoms with E-state index in [4.69, 9.17) is 4.74 Å². The fourth-order valence-electron chi connectivity index (χ4n) is 3.90. The van der Waals surface area contributed by atoms with E-state index in [0.717, 1.165) is 24.8 Å². The number of likely N-dealkylation sites (tertiary alicyclic amines) is 1. The lowest BCUT2D eigenvalue weighted by atomic mass is 9.95. The zero-order chi connectivity index (χ0) is 20.1. The number of morpholine rings is 1. The average Bonchev–Trinajstić information content (AvgIpc) is 2.71. The zero-order valence-corrected chi connectivity index (χ0v) is 17.0. The molecule has 1 atom stereocenters. The van der Waals surface area contributed by atoms with Gasteiger partial charge in [-0.3, -0.25) is 9.59 Å². The summed E-state index contributed by atoms with van der Waals surface area (Å²) in [6.45, 7) is 7.25. The molecular weight excluding hydrogens is 356 g/mol. The van der Waals surface area contributed by atoms with E-state index >= 15 is 0 Å². The highest BCUT2D eigenvalue weighted by Gasteiger charge is 2.32. The van der Waals surface area contributed by atoms with Crippen molar-refractivity contribution in [2.45, 2.75) is 45.1 Å². The molecule has 2 saturated heterocycles. The molecule has 0 aliphatic carbocycles. The minimum atomic E-state index is -0.722. The van der Waals surface area contributed by atoms with Gasteiger partial charge in [0.1, 0.15) is 0 Å². The number of hydrogen-bond acceptors (Lipinski definition) is 4. The van der Waals surface area contributed by atoms with Crippen LogP contribution in [-0.2, 0) is 16.0 Å². The number of carbonyl (C=O) groups is 2. The van der Waals surface area contributed by atoms with Crippen LogP contribution in [0.5, 0.6) is 0 Å². The van der Waals surface area contributed by atoms with Crippen LogP contribution >= 0.6 is 0 Å². The lowest BCUT2D eigenvalue weighted by Gasteiger charge is -2.36. The molecule has 1 aromatic carbocycles. The molecule has 154 valence electrons. The van der Waals surface area contributed by atoms with Gasteiger partial charge in [-0.1, -0.05) is 12.1 Å². The first-order valence-electron chi connectivity index (χ1n) is 10.3. The molecule has 0 radical (unpaired) electrons. The van der Waals surface area contributed by atoms with Crippen LogP contribution < -0.4 is 0 Å². The second-order valence-electron chi connectivity index (χ2n) is 8.54. The van der Waals surface area contributed by atoms with Gasteiger partial charge in [0.2, 0.25) is 5.91 Å². The summed E-state index contributed by atoms with van der Waals surface area (Å²) < 4.78 is 5.33. The zero-order valence-electron chi connectivity index (χ0n) is 17.0. The number of carbonyl (C=O) groups excluding carboxylic acids is 2. The van der Waals surface area contributed by atoms with Crippen LogP contribution in [0.2, 0.25) is 0 Å². The molecule has 6 heteroatoms. The van der Waals surface area contributed by atoms with Crippen molar-refractivity contribution in [3.63, 3.8) is 0 Å². The number of benzene rings is 1. The number of rotatable bonds is 5. The summed E-state index contributed by atoms with van der Waals surface area (Å²) in [5.41, 5.74) is 0.985. The predicted octanol–water partition coefficient (Wildman–Crippen LogP) is 2.10. The van der Waals surface area contributed by atoms with Crippen LogP contribution in [0.1, 0.15) is 49.0 Å². The molecule has 1 N–H and O–H groups in total. The lowest BCUT2D eigenvalue weighted by Crippen LogP contribution is -2.49. The second kappa shape index (κ2) is 9.05. The quantitative estimate of drug-likeness (QED) is 0.839. The maximum absolute atomic E-state index is 13.0. The summed E-state index contributed by atoms with van der Waals surface area (Å²) in [7, 11) is 0. The molecule has 0 unspecified atom stereocenters. The maximum atomic E-state index is 13.0. The van der Waals surface area contributed by atoms with Gasteiger partial charge in [-0.05, 0) is 57.2 Å². The largest absolute Gasteiger partial charge is 0.390 e. The first-order valence-corrected chi connectivity index (χ1v) is 10.3. The number of nitrogens with zero attached hydrogens (tertiary/aromatic N) is 2. The Kier molecular flexibility index (Phi) is 6.73. The van der Waals surface area contributed by atoms with Crippen molar-refractivity contribution >= 4 is 11.8 Å². The topological polar surface area (TPSA) is 70.1 Å². The summed E-state index contributed by atoms with van der Waals surface area (Å²) in [4.78, 5) is 29.5. The molecule has 3 rings (SSSR count). The van der Waals surface area contributed by atoms with E-state index in [1.165, 1.54) is 0 Å². The summed E-state index contributed by atoms with van der Waals surface area (Å²) in [5.74, 6) is 0.0264. The van der Waals surface area contributed by atoms with E-state index in [2.05, 4.69) is 0 Å². The van der Waals surface area contributed by atoms with Gasteiger partial charge in [0, 0.05) is 31.7 Å². The predicted molar refractivity (Wildman–Crippen MR) is 107 cm³/mol. The van der Waals surface area contributed by atoms with E-state index in [1.54, 1.807) is 13.8 Å². The molecule has 1 aromatic rings. The highest BCUT2D eigenvalue weighted by atomic mass is 16.5. The van der Waals surface area contributed by atoms with Gasteiger partial charge in [-0.2, -0.15) is 0 Å². The van der Waals surface area contributed by atoms with E-state index in [0.29, 0.717) is 51.4 Å². The fourth-order valence-corrected chi connectivity index (χ4v) is 3.90. The second-order valence-corrected chi connectivity index (χ2v) is 8.54. The third-order valence-corrected chi connectivity index (χ3v) is 5.58. The Bertz CT molecular complexity index is 692. The van der Waals surface area contributed by atoms with Crippen molar-refractivity contribution in [1.82, 2.24) is 9.80 Å². The van der Waals surface area contributed by atoms with E-state index in [1.807, 2.05) is 34.1 Å². The third-order valence-electron chi connectivity index (χ3n) is 5.58. The highest BCUT2D eigenvalue weighted by molar-refractivity contribution is 5.95. The molecule has 0 aromatic heterocycles. The minimum absolute atomic E-state index is 0.00964. The minimum Gasteiger partial charge on any atom is -0.390 e. The Morgan fingerprint density at radius 1 is 1.18 bits per heavy atom. The normalized spacial score (nSPS) is 20.9. The number of ether oxygens (including phenoxy) is 1. The van der Waals surface area contributed by atoms with Gasteiger partial charge in [0.25, 0.3) is 5.91 Å². The molecule has 0 spiro atoms. The Morgan fingerprint density at radius 2 is 1.93 bits per heavy atom. The Labute approximate surface area is 167 Å². The first kappa shape index (κ1) is 20.8. The van der Waals surface area contributed by atoms with Crippen LogP contribution in [0.15, 0.2) is 24.3 Å². The fraction of sp³-hybridized carbons (Fsp3) is 0.636. The average molecular weight is 389 g/mol. The SMILES string of the molecule is CC(C)(O)CCc1cccc(C(=O)N2CCC[C@@H](C(=O)N3CCOCC3)C2)c1. The maximum Gasteiger partial charge on any atom is 0.253 e.